The molecular formula is C14H25N3. The molecule has 17 heavy (non-hydrogen) atoms. The second-order valence-corrected chi connectivity index (χ2v) is 6.45. The van der Waals surface area contributed by atoms with Gasteiger partial charge in [-0.25, -0.2) is 0 Å². The SMILES string of the molecule is Cn1cc(CC2CCC2CNC(C)(C)C)cn1. The Morgan fingerprint density at radius 1 is 1.35 bits per heavy atom. The van der Waals surface area contributed by atoms with E-state index in [4.69, 9.17) is 0 Å². The molecule has 1 heterocycles. The number of hydrogen-bond acceptors (Lipinski definition) is 2. The quantitative estimate of drug-likeness (QED) is 0.868. The highest BCUT2D eigenvalue weighted by molar-refractivity contribution is 5.06. The largest absolute Gasteiger partial charge is 0.312 e. The van der Waals surface area contributed by atoms with Gasteiger partial charge in [-0.2, -0.15) is 5.10 Å². The van der Waals surface area contributed by atoms with E-state index in [1.807, 2.05) is 17.9 Å². The normalized spacial score (nSPS) is 24.7. The maximum Gasteiger partial charge on any atom is 0.0521 e. The van der Waals surface area contributed by atoms with Crippen LogP contribution >= 0.6 is 0 Å². The minimum Gasteiger partial charge on any atom is -0.312 e. The standard InChI is InChI=1S/C14H25N3/c1-14(2,3)15-9-13-6-5-12(13)7-11-8-16-17(4)10-11/h8,10,12-13,15H,5-7,9H2,1-4H3. The Hall–Kier alpha value is -0.830. The van der Waals surface area contributed by atoms with Crippen LogP contribution in [0.15, 0.2) is 12.4 Å². The summed E-state index contributed by atoms with van der Waals surface area (Å²) in [7, 11) is 1.99. The highest BCUT2D eigenvalue weighted by atomic mass is 15.2. The van der Waals surface area contributed by atoms with Crippen LogP contribution in [0.3, 0.4) is 0 Å². The second kappa shape index (κ2) is 4.81. The summed E-state index contributed by atoms with van der Waals surface area (Å²) in [5.41, 5.74) is 1.63. The van der Waals surface area contributed by atoms with E-state index in [1.165, 1.54) is 24.8 Å². The van der Waals surface area contributed by atoms with E-state index in [0.29, 0.717) is 0 Å². The first-order chi connectivity index (χ1) is 7.94. The first-order valence-electron chi connectivity index (χ1n) is 6.66. The van der Waals surface area contributed by atoms with Crippen molar-refractivity contribution in [2.24, 2.45) is 18.9 Å². The third-order valence-corrected chi connectivity index (χ3v) is 3.73. The molecular weight excluding hydrogens is 210 g/mol. The smallest absolute Gasteiger partial charge is 0.0521 e. The summed E-state index contributed by atoms with van der Waals surface area (Å²) in [6.07, 6.45) is 8.11. The van der Waals surface area contributed by atoms with E-state index in [9.17, 15) is 0 Å². The molecule has 0 amide bonds. The Bertz CT molecular complexity index is 362. The van der Waals surface area contributed by atoms with E-state index in [1.54, 1.807) is 0 Å². The molecule has 0 aliphatic heterocycles. The zero-order chi connectivity index (χ0) is 12.5. The monoisotopic (exact) mass is 235 g/mol. The fourth-order valence-corrected chi connectivity index (χ4v) is 2.49. The van der Waals surface area contributed by atoms with Crippen molar-refractivity contribution in [2.75, 3.05) is 6.54 Å². The number of nitrogens with zero attached hydrogens (tertiary/aromatic N) is 2. The summed E-state index contributed by atoms with van der Waals surface area (Å²) >= 11 is 0. The minimum absolute atomic E-state index is 0.244. The van der Waals surface area contributed by atoms with Gasteiger partial charge >= 0.3 is 0 Å². The highest BCUT2D eigenvalue weighted by Crippen LogP contribution is 2.36. The highest BCUT2D eigenvalue weighted by Gasteiger charge is 2.31. The van der Waals surface area contributed by atoms with Crippen LogP contribution in [-0.4, -0.2) is 21.9 Å². The molecule has 1 fully saturated rings. The van der Waals surface area contributed by atoms with Crippen molar-refractivity contribution in [1.29, 1.82) is 0 Å². The average molecular weight is 235 g/mol. The molecule has 2 rings (SSSR count). The number of aryl methyl sites for hydroxylation is 1. The summed E-state index contributed by atoms with van der Waals surface area (Å²) < 4.78 is 1.90. The molecule has 2 unspecified atom stereocenters. The van der Waals surface area contributed by atoms with E-state index >= 15 is 0 Å². The Labute approximate surface area is 105 Å². The van der Waals surface area contributed by atoms with Crippen LogP contribution in [0, 0.1) is 11.8 Å². The second-order valence-electron chi connectivity index (χ2n) is 6.45. The molecule has 1 N–H and O–H groups in total. The van der Waals surface area contributed by atoms with Gasteiger partial charge in [0.05, 0.1) is 6.20 Å². The molecule has 3 nitrogen and oxygen atoms in total. The molecule has 1 aliphatic carbocycles. The molecule has 0 aromatic carbocycles. The predicted molar refractivity (Wildman–Crippen MR) is 70.9 cm³/mol. The first-order valence-corrected chi connectivity index (χ1v) is 6.66. The molecule has 0 radical (unpaired) electrons. The molecule has 0 bridgehead atoms. The van der Waals surface area contributed by atoms with Gasteiger partial charge in [0, 0.05) is 18.8 Å². The van der Waals surface area contributed by atoms with Crippen LogP contribution in [0.25, 0.3) is 0 Å². The van der Waals surface area contributed by atoms with Crippen LogP contribution in [0.2, 0.25) is 0 Å². The van der Waals surface area contributed by atoms with Crippen LogP contribution in [0.4, 0.5) is 0 Å². The van der Waals surface area contributed by atoms with Crippen molar-refractivity contribution in [1.82, 2.24) is 15.1 Å². The van der Waals surface area contributed by atoms with Gasteiger partial charge < -0.3 is 5.32 Å². The number of nitrogens with one attached hydrogen (secondary N) is 1. The lowest BCUT2D eigenvalue weighted by Gasteiger charge is -2.38. The molecule has 1 aromatic rings. The third kappa shape index (κ3) is 3.56. The van der Waals surface area contributed by atoms with Crippen LogP contribution < -0.4 is 5.32 Å². The maximum atomic E-state index is 4.24. The van der Waals surface area contributed by atoms with E-state index in [0.717, 1.165) is 18.4 Å². The van der Waals surface area contributed by atoms with E-state index < -0.39 is 0 Å². The zero-order valence-electron chi connectivity index (χ0n) is 11.5. The molecule has 1 aromatic heterocycles. The van der Waals surface area contributed by atoms with Gasteiger partial charge in [-0.1, -0.05) is 0 Å². The van der Waals surface area contributed by atoms with Crippen molar-refractivity contribution in [3.8, 4) is 0 Å². The van der Waals surface area contributed by atoms with Crippen LogP contribution in [0.5, 0.6) is 0 Å². The molecule has 0 spiro atoms. The van der Waals surface area contributed by atoms with Gasteiger partial charge in [0.2, 0.25) is 0 Å². The first kappa shape index (κ1) is 12.6. The summed E-state index contributed by atoms with van der Waals surface area (Å²) in [5.74, 6) is 1.71. The van der Waals surface area contributed by atoms with E-state index in [-0.39, 0.29) is 5.54 Å². The topological polar surface area (TPSA) is 29.9 Å². The minimum atomic E-state index is 0.244. The zero-order valence-corrected chi connectivity index (χ0v) is 11.5. The molecule has 96 valence electrons. The fourth-order valence-electron chi connectivity index (χ4n) is 2.49. The summed E-state index contributed by atoms with van der Waals surface area (Å²) in [6, 6.07) is 0. The van der Waals surface area contributed by atoms with Crippen molar-refractivity contribution >= 4 is 0 Å². The summed E-state index contributed by atoms with van der Waals surface area (Å²) in [5, 5.41) is 7.86. The molecule has 1 saturated carbocycles. The summed E-state index contributed by atoms with van der Waals surface area (Å²) in [4.78, 5) is 0. The van der Waals surface area contributed by atoms with Gasteiger partial charge in [-0.15, -0.1) is 0 Å². The van der Waals surface area contributed by atoms with Crippen molar-refractivity contribution in [3.63, 3.8) is 0 Å². The third-order valence-electron chi connectivity index (χ3n) is 3.73. The lowest BCUT2D eigenvalue weighted by Crippen LogP contribution is -2.44. The Kier molecular flexibility index (Phi) is 3.57. The predicted octanol–water partition coefficient (Wildman–Crippen LogP) is 2.38. The molecule has 0 saturated heterocycles. The Balaban J connectivity index is 1.79. The molecule has 1 aliphatic rings. The maximum absolute atomic E-state index is 4.24. The van der Waals surface area contributed by atoms with Gasteiger partial charge in [0.1, 0.15) is 0 Å². The number of rotatable bonds is 4. The van der Waals surface area contributed by atoms with E-state index in [2.05, 4.69) is 37.4 Å². The van der Waals surface area contributed by atoms with Crippen molar-refractivity contribution in [3.05, 3.63) is 18.0 Å². The molecule has 2 atom stereocenters. The lowest BCUT2D eigenvalue weighted by molar-refractivity contribution is 0.159. The summed E-state index contributed by atoms with van der Waals surface area (Å²) in [6.45, 7) is 7.87. The van der Waals surface area contributed by atoms with Gasteiger partial charge in [-0.3, -0.25) is 4.68 Å². The van der Waals surface area contributed by atoms with Gasteiger partial charge in [0.15, 0.2) is 0 Å². The van der Waals surface area contributed by atoms with Crippen LogP contribution in [-0.2, 0) is 13.5 Å². The fraction of sp³-hybridized carbons (Fsp3) is 0.786. The average Bonchev–Trinajstić information content (AvgIpc) is 2.57. The van der Waals surface area contributed by atoms with Gasteiger partial charge in [-0.05, 0) is 64.0 Å². The van der Waals surface area contributed by atoms with Crippen LogP contribution in [0.1, 0.15) is 39.2 Å². The number of aromatic nitrogens is 2. The van der Waals surface area contributed by atoms with Crippen molar-refractivity contribution < 1.29 is 0 Å². The Morgan fingerprint density at radius 2 is 2.06 bits per heavy atom. The molecule has 3 heteroatoms. The van der Waals surface area contributed by atoms with Gasteiger partial charge in [0.25, 0.3) is 0 Å². The number of hydrogen-bond donors (Lipinski definition) is 1. The Morgan fingerprint density at radius 3 is 2.53 bits per heavy atom. The lowest BCUT2D eigenvalue weighted by atomic mass is 9.71. The van der Waals surface area contributed by atoms with Crippen molar-refractivity contribution in [2.45, 2.75) is 45.6 Å².